The number of carboxylic acid groups (broad SMARTS) is 1. The minimum Gasteiger partial charge on any atom is -0.480 e. The Morgan fingerprint density at radius 3 is 2.40 bits per heavy atom. The summed E-state index contributed by atoms with van der Waals surface area (Å²) in [6, 6.07) is 11.7. The molecule has 9 heteroatoms. The van der Waals surface area contributed by atoms with Gasteiger partial charge in [0.1, 0.15) is 11.8 Å². The second-order valence-corrected chi connectivity index (χ2v) is 7.07. The fourth-order valence-electron chi connectivity index (χ4n) is 2.92. The van der Waals surface area contributed by atoms with Crippen LogP contribution in [-0.2, 0) is 16.0 Å². The van der Waals surface area contributed by atoms with Crippen LogP contribution < -0.4 is 10.1 Å². The first-order chi connectivity index (χ1) is 14.4. The maximum atomic E-state index is 12.4. The Morgan fingerprint density at radius 2 is 1.77 bits per heavy atom. The molecule has 0 bridgehead atoms. The highest BCUT2D eigenvalue weighted by molar-refractivity contribution is 6.33. The van der Waals surface area contributed by atoms with Crippen LogP contribution in [0.3, 0.4) is 0 Å². The molecule has 0 saturated carbocycles. The molecule has 0 aromatic heterocycles. The molecule has 1 fully saturated rings. The molecule has 2 amide bonds. The summed E-state index contributed by atoms with van der Waals surface area (Å²) in [5.41, 5.74) is 0.865. The number of benzene rings is 2. The lowest BCUT2D eigenvalue weighted by Gasteiger charge is -2.25. The van der Waals surface area contributed by atoms with Crippen molar-refractivity contribution in [2.24, 2.45) is 0 Å². The van der Waals surface area contributed by atoms with E-state index < -0.39 is 24.0 Å². The molecule has 2 aromatic rings. The van der Waals surface area contributed by atoms with E-state index in [1.165, 1.54) is 6.07 Å². The highest BCUT2D eigenvalue weighted by Crippen LogP contribution is 2.17. The van der Waals surface area contributed by atoms with E-state index in [0.717, 1.165) is 0 Å². The summed E-state index contributed by atoms with van der Waals surface area (Å²) < 4.78 is 10.5. The summed E-state index contributed by atoms with van der Waals surface area (Å²) in [4.78, 5) is 37.6. The van der Waals surface area contributed by atoms with Gasteiger partial charge in [-0.1, -0.05) is 35.9 Å². The number of halogens is 1. The Hall–Kier alpha value is -3.10. The SMILES string of the molecule is O=C(NC(Cc1ccc(OC(=O)N2CCOCC2)cc1)C(=O)O)c1ccccc1Cl. The molecule has 3 rings (SSSR count). The standard InChI is InChI=1S/C21H21ClN2O6/c22-17-4-2-1-3-16(17)19(25)23-18(20(26)27)13-14-5-7-15(8-6-14)30-21(28)24-9-11-29-12-10-24/h1-8,18H,9-13H2,(H,23,25)(H,26,27). The van der Waals surface area contributed by atoms with Crippen molar-refractivity contribution in [2.45, 2.75) is 12.5 Å². The maximum Gasteiger partial charge on any atom is 0.415 e. The number of carbonyl (C=O) groups is 3. The van der Waals surface area contributed by atoms with Crippen molar-refractivity contribution in [3.05, 3.63) is 64.7 Å². The van der Waals surface area contributed by atoms with E-state index in [1.54, 1.807) is 47.4 Å². The van der Waals surface area contributed by atoms with E-state index in [4.69, 9.17) is 21.1 Å². The van der Waals surface area contributed by atoms with Crippen LogP contribution in [0.5, 0.6) is 5.75 Å². The van der Waals surface area contributed by atoms with Gasteiger partial charge in [-0.25, -0.2) is 9.59 Å². The fraction of sp³-hybridized carbons (Fsp3) is 0.286. The highest BCUT2D eigenvalue weighted by Gasteiger charge is 2.23. The van der Waals surface area contributed by atoms with Gasteiger partial charge < -0.3 is 24.8 Å². The molecule has 1 aliphatic rings. The number of carboxylic acids is 1. The van der Waals surface area contributed by atoms with E-state index in [2.05, 4.69) is 5.32 Å². The van der Waals surface area contributed by atoms with Crippen molar-refractivity contribution in [1.29, 1.82) is 0 Å². The molecule has 30 heavy (non-hydrogen) atoms. The van der Waals surface area contributed by atoms with Gasteiger partial charge in [0.15, 0.2) is 0 Å². The number of carbonyl (C=O) groups excluding carboxylic acids is 2. The number of hydrogen-bond acceptors (Lipinski definition) is 5. The normalized spacial score (nSPS) is 14.6. The summed E-state index contributed by atoms with van der Waals surface area (Å²) in [5, 5.41) is 12.2. The molecule has 1 aliphatic heterocycles. The number of aliphatic carboxylic acids is 1. The van der Waals surface area contributed by atoms with E-state index in [1.807, 2.05) is 0 Å². The van der Waals surface area contributed by atoms with Gasteiger partial charge in [0.25, 0.3) is 5.91 Å². The van der Waals surface area contributed by atoms with Crippen LogP contribution in [0.2, 0.25) is 5.02 Å². The molecule has 2 aromatic carbocycles. The number of nitrogens with one attached hydrogen (secondary N) is 1. The highest BCUT2D eigenvalue weighted by atomic mass is 35.5. The summed E-state index contributed by atoms with van der Waals surface area (Å²) in [7, 11) is 0. The molecule has 158 valence electrons. The van der Waals surface area contributed by atoms with E-state index in [0.29, 0.717) is 37.6 Å². The van der Waals surface area contributed by atoms with Gasteiger partial charge >= 0.3 is 12.1 Å². The monoisotopic (exact) mass is 432 g/mol. The minimum absolute atomic E-state index is 0.0587. The fourth-order valence-corrected chi connectivity index (χ4v) is 3.14. The quantitative estimate of drug-likeness (QED) is 0.727. The van der Waals surface area contributed by atoms with Crippen LogP contribution in [0.25, 0.3) is 0 Å². The topological polar surface area (TPSA) is 105 Å². The molecule has 2 N–H and O–H groups in total. The smallest absolute Gasteiger partial charge is 0.415 e. The Morgan fingerprint density at radius 1 is 1.10 bits per heavy atom. The van der Waals surface area contributed by atoms with Crippen molar-refractivity contribution in [2.75, 3.05) is 26.3 Å². The number of nitrogens with zero attached hydrogens (tertiary/aromatic N) is 1. The molecule has 0 radical (unpaired) electrons. The average Bonchev–Trinajstić information content (AvgIpc) is 2.75. The van der Waals surface area contributed by atoms with Gasteiger partial charge in [-0.15, -0.1) is 0 Å². The van der Waals surface area contributed by atoms with Gasteiger partial charge in [0.2, 0.25) is 0 Å². The van der Waals surface area contributed by atoms with Gasteiger partial charge in [-0.3, -0.25) is 4.79 Å². The number of morpholine rings is 1. The largest absolute Gasteiger partial charge is 0.480 e. The van der Waals surface area contributed by atoms with Crippen molar-refractivity contribution in [3.63, 3.8) is 0 Å². The summed E-state index contributed by atoms with van der Waals surface area (Å²) in [6.45, 7) is 1.90. The molecule has 0 aliphatic carbocycles. The predicted octanol–water partition coefficient (Wildman–Crippen LogP) is 2.60. The Kier molecular flexibility index (Phi) is 7.26. The zero-order chi connectivity index (χ0) is 21.5. The van der Waals surface area contributed by atoms with Gasteiger partial charge in [0, 0.05) is 19.5 Å². The molecular weight excluding hydrogens is 412 g/mol. The summed E-state index contributed by atoms with van der Waals surface area (Å²) in [5.74, 6) is -1.38. The van der Waals surface area contributed by atoms with Crippen molar-refractivity contribution >= 4 is 29.6 Å². The van der Waals surface area contributed by atoms with Crippen LogP contribution in [-0.4, -0.2) is 60.3 Å². The average molecular weight is 433 g/mol. The van der Waals surface area contributed by atoms with Gasteiger partial charge in [0.05, 0.1) is 23.8 Å². The molecule has 1 heterocycles. The Labute approximate surface area is 178 Å². The molecule has 1 unspecified atom stereocenters. The third-order valence-electron chi connectivity index (χ3n) is 4.56. The van der Waals surface area contributed by atoms with Crippen LogP contribution >= 0.6 is 11.6 Å². The number of hydrogen-bond donors (Lipinski definition) is 2. The van der Waals surface area contributed by atoms with Crippen LogP contribution in [0.4, 0.5) is 4.79 Å². The molecule has 1 atom stereocenters. The van der Waals surface area contributed by atoms with Crippen molar-refractivity contribution in [3.8, 4) is 5.75 Å². The van der Waals surface area contributed by atoms with Crippen molar-refractivity contribution in [1.82, 2.24) is 10.2 Å². The van der Waals surface area contributed by atoms with E-state index in [-0.39, 0.29) is 17.0 Å². The molecule has 0 spiro atoms. The van der Waals surface area contributed by atoms with E-state index >= 15 is 0 Å². The summed E-state index contributed by atoms with van der Waals surface area (Å²) >= 11 is 6.00. The third-order valence-corrected chi connectivity index (χ3v) is 4.89. The van der Waals surface area contributed by atoms with Gasteiger partial charge in [-0.2, -0.15) is 0 Å². The summed E-state index contributed by atoms with van der Waals surface area (Å²) in [6.07, 6.45) is -0.398. The Balaban J connectivity index is 1.60. The molecular formula is C21H21ClN2O6. The zero-order valence-electron chi connectivity index (χ0n) is 16.0. The second-order valence-electron chi connectivity index (χ2n) is 6.66. The van der Waals surface area contributed by atoms with Crippen LogP contribution in [0.1, 0.15) is 15.9 Å². The lowest BCUT2D eigenvalue weighted by atomic mass is 10.1. The van der Waals surface area contributed by atoms with E-state index in [9.17, 15) is 19.5 Å². The lowest BCUT2D eigenvalue weighted by Crippen LogP contribution is -2.42. The minimum atomic E-state index is -1.17. The first-order valence-corrected chi connectivity index (χ1v) is 9.73. The first-order valence-electron chi connectivity index (χ1n) is 9.35. The zero-order valence-corrected chi connectivity index (χ0v) is 16.8. The molecule has 1 saturated heterocycles. The van der Waals surface area contributed by atoms with Crippen LogP contribution in [0, 0.1) is 0 Å². The predicted molar refractivity (Wildman–Crippen MR) is 109 cm³/mol. The van der Waals surface area contributed by atoms with Crippen LogP contribution in [0.15, 0.2) is 48.5 Å². The second kappa shape index (κ2) is 10.1. The number of rotatable bonds is 6. The lowest BCUT2D eigenvalue weighted by molar-refractivity contribution is -0.139. The molecule has 8 nitrogen and oxygen atoms in total. The third kappa shape index (κ3) is 5.71. The maximum absolute atomic E-state index is 12.4. The first kappa shape index (κ1) is 21.6. The van der Waals surface area contributed by atoms with Crippen molar-refractivity contribution < 1.29 is 29.0 Å². The number of amides is 2. The van der Waals surface area contributed by atoms with Gasteiger partial charge in [-0.05, 0) is 29.8 Å². The number of ether oxygens (including phenoxy) is 2. The Bertz CT molecular complexity index is 912.